The first-order valence-electron chi connectivity index (χ1n) is 8.83. The molecule has 0 saturated heterocycles. The number of hydrogen-bond acceptors (Lipinski definition) is 4. The lowest BCUT2D eigenvalue weighted by atomic mass is 10.0. The second-order valence-electron chi connectivity index (χ2n) is 6.41. The van der Waals surface area contributed by atoms with Gasteiger partial charge in [-0.1, -0.05) is 36.4 Å². The second kappa shape index (κ2) is 8.04. The molecule has 0 N–H and O–H groups in total. The third-order valence-corrected chi connectivity index (χ3v) is 4.47. The summed E-state index contributed by atoms with van der Waals surface area (Å²) in [4.78, 5) is 26.5. The molecule has 0 radical (unpaired) electrons. The lowest BCUT2D eigenvalue weighted by Gasteiger charge is -2.31. The van der Waals surface area contributed by atoms with E-state index in [0.29, 0.717) is 12.3 Å². The molecule has 136 valence electrons. The zero-order valence-electron chi connectivity index (χ0n) is 15.1. The van der Waals surface area contributed by atoms with E-state index in [1.54, 1.807) is 17.9 Å². The van der Waals surface area contributed by atoms with E-state index in [0.717, 1.165) is 29.7 Å². The fraction of sp³-hybridized carbons (Fsp3) is 0.333. The van der Waals surface area contributed by atoms with Crippen molar-refractivity contribution in [1.29, 1.82) is 0 Å². The highest BCUT2D eigenvalue weighted by Crippen LogP contribution is 2.27. The molecule has 1 aliphatic rings. The number of carbonyl (C=O) groups is 2. The van der Waals surface area contributed by atoms with Gasteiger partial charge in [0.05, 0.1) is 0 Å². The highest BCUT2D eigenvalue weighted by Gasteiger charge is 2.28. The molecule has 5 nitrogen and oxygen atoms in total. The van der Waals surface area contributed by atoms with Crippen molar-refractivity contribution in [3.05, 3.63) is 59.7 Å². The number of anilines is 1. The summed E-state index contributed by atoms with van der Waals surface area (Å²) in [5.74, 6) is -0.130. The Morgan fingerprint density at radius 3 is 2.65 bits per heavy atom. The molecule has 0 aromatic heterocycles. The summed E-state index contributed by atoms with van der Waals surface area (Å²) in [6.07, 6.45) is 1.01. The molecule has 2 aromatic carbocycles. The number of esters is 1. The first-order valence-corrected chi connectivity index (χ1v) is 8.83. The van der Waals surface area contributed by atoms with Crippen LogP contribution < -0.4 is 9.64 Å². The van der Waals surface area contributed by atoms with Crippen molar-refractivity contribution in [1.82, 2.24) is 0 Å². The number of amides is 1. The van der Waals surface area contributed by atoms with Crippen molar-refractivity contribution in [2.75, 3.05) is 18.1 Å². The van der Waals surface area contributed by atoms with Crippen molar-refractivity contribution in [2.24, 2.45) is 0 Å². The van der Waals surface area contributed by atoms with Crippen molar-refractivity contribution in [3.8, 4) is 5.75 Å². The Morgan fingerprint density at radius 1 is 1.12 bits per heavy atom. The van der Waals surface area contributed by atoms with Crippen molar-refractivity contribution in [2.45, 2.75) is 32.8 Å². The second-order valence-corrected chi connectivity index (χ2v) is 6.41. The normalized spacial score (nSPS) is 14.3. The molecule has 5 heteroatoms. The number of fused-ring (bicyclic) bond motifs is 1. The maximum Gasteiger partial charge on any atom is 0.344 e. The van der Waals surface area contributed by atoms with Gasteiger partial charge in [-0.3, -0.25) is 4.79 Å². The van der Waals surface area contributed by atoms with Gasteiger partial charge in [-0.15, -0.1) is 0 Å². The average Bonchev–Trinajstić information content (AvgIpc) is 2.66. The molecule has 1 aliphatic heterocycles. The Kier molecular flexibility index (Phi) is 5.56. The molecule has 0 fully saturated rings. The van der Waals surface area contributed by atoms with Crippen LogP contribution >= 0.6 is 0 Å². The van der Waals surface area contributed by atoms with Crippen LogP contribution in [-0.4, -0.2) is 31.1 Å². The largest absolute Gasteiger partial charge is 0.482 e. The van der Waals surface area contributed by atoms with Gasteiger partial charge in [0.1, 0.15) is 5.75 Å². The van der Waals surface area contributed by atoms with E-state index in [2.05, 4.69) is 0 Å². The quantitative estimate of drug-likeness (QED) is 0.774. The zero-order valence-corrected chi connectivity index (χ0v) is 15.1. The van der Waals surface area contributed by atoms with E-state index >= 15 is 0 Å². The number of benzene rings is 2. The maximum atomic E-state index is 12.7. The van der Waals surface area contributed by atoms with Crippen molar-refractivity contribution >= 4 is 17.6 Å². The molecule has 0 spiro atoms. The van der Waals surface area contributed by atoms with Gasteiger partial charge in [0.15, 0.2) is 12.7 Å². The average molecular weight is 353 g/mol. The molecular formula is C21H23NO4. The summed E-state index contributed by atoms with van der Waals surface area (Å²) in [5, 5.41) is 0. The fourth-order valence-corrected chi connectivity index (χ4v) is 3.12. The summed E-state index contributed by atoms with van der Waals surface area (Å²) in [7, 11) is 0. The van der Waals surface area contributed by atoms with E-state index in [9.17, 15) is 9.59 Å². The molecule has 1 heterocycles. The number of nitrogens with zero attached hydrogens (tertiary/aromatic N) is 1. The minimum absolute atomic E-state index is 0.207. The van der Waals surface area contributed by atoms with Crippen LogP contribution in [0.5, 0.6) is 5.75 Å². The summed E-state index contributed by atoms with van der Waals surface area (Å²) in [5.41, 5.74) is 2.99. The number of hydrogen-bond donors (Lipinski definition) is 0. The molecule has 0 aliphatic carbocycles. The van der Waals surface area contributed by atoms with Gasteiger partial charge >= 0.3 is 5.97 Å². The molecule has 26 heavy (non-hydrogen) atoms. The molecule has 1 atom stereocenters. The van der Waals surface area contributed by atoms with E-state index in [1.807, 2.05) is 49.4 Å². The third kappa shape index (κ3) is 4.04. The summed E-state index contributed by atoms with van der Waals surface area (Å²) < 4.78 is 10.8. The van der Waals surface area contributed by atoms with Gasteiger partial charge in [-0.2, -0.15) is 0 Å². The van der Waals surface area contributed by atoms with Gasteiger partial charge in [0.25, 0.3) is 5.91 Å². The van der Waals surface area contributed by atoms with Crippen molar-refractivity contribution < 1.29 is 19.1 Å². The van der Waals surface area contributed by atoms with E-state index in [1.165, 1.54) is 0 Å². The third-order valence-electron chi connectivity index (χ3n) is 4.47. The number of aryl methyl sites for hydroxylation is 2. The monoisotopic (exact) mass is 353 g/mol. The molecule has 0 unspecified atom stereocenters. The van der Waals surface area contributed by atoms with Crippen LogP contribution in [0.25, 0.3) is 0 Å². The number of rotatable bonds is 5. The Balaban J connectivity index is 1.58. The summed E-state index contributed by atoms with van der Waals surface area (Å²) in [6, 6.07) is 15.3. The Hall–Kier alpha value is -2.82. The zero-order chi connectivity index (χ0) is 18.5. The Labute approximate surface area is 153 Å². The predicted octanol–water partition coefficient (Wildman–Crippen LogP) is 3.28. The number of carbonyl (C=O) groups excluding carboxylic acids is 2. The van der Waals surface area contributed by atoms with E-state index < -0.39 is 12.1 Å². The van der Waals surface area contributed by atoms with Crippen LogP contribution in [0.2, 0.25) is 0 Å². The maximum absolute atomic E-state index is 12.7. The standard InChI is InChI=1S/C21H23NO4/c1-15-8-3-6-12-19(15)25-14-20(23)26-16(2)21(24)22-13-7-10-17-9-4-5-11-18(17)22/h3-6,8-9,11-12,16H,7,10,13-14H2,1-2H3/t16-/m1/s1. The smallest absolute Gasteiger partial charge is 0.344 e. The van der Waals surface area contributed by atoms with Crippen LogP contribution in [0.3, 0.4) is 0 Å². The molecule has 0 bridgehead atoms. The first kappa shape index (κ1) is 18.0. The first-order chi connectivity index (χ1) is 12.6. The Morgan fingerprint density at radius 2 is 1.85 bits per heavy atom. The minimum Gasteiger partial charge on any atom is -0.482 e. The van der Waals surface area contributed by atoms with Gasteiger partial charge in [-0.25, -0.2) is 4.79 Å². The van der Waals surface area contributed by atoms with Crippen LogP contribution in [0.4, 0.5) is 5.69 Å². The summed E-state index contributed by atoms with van der Waals surface area (Å²) in [6.45, 7) is 3.92. The van der Waals surface area contributed by atoms with E-state index in [-0.39, 0.29) is 12.5 Å². The molecule has 3 rings (SSSR count). The SMILES string of the molecule is Cc1ccccc1OCC(=O)O[C@H](C)C(=O)N1CCCc2ccccc21. The van der Waals surface area contributed by atoms with E-state index in [4.69, 9.17) is 9.47 Å². The molecule has 0 saturated carbocycles. The van der Waals surface area contributed by atoms with Crippen LogP contribution in [0.1, 0.15) is 24.5 Å². The fourth-order valence-electron chi connectivity index (χ4n) is 3.12. The molecule has 1 amide bonds. The summed E-state index contributed by atoms with van der Waals surface area (Å²) >= 11 is 0. The number of ether oxygens (including phenoxy) is 2. The van der Waals surface area contributed by atoms with Crippen LogP contribution in [-0.2, 0) is 20.7 Å². The van der Waals surface area contributed by atoms with Gasteiger partial charge < -0.3 is 14.4 Å². The lowest BCUT2D eigenvalue weighted by Crippen LogP contribution is -2.43. The lowest BCUT2D eigenvalue weighted by molar-refractivity contribution is -0.155. The highest BCUT2D eigenvalue weighted by atomic mass is 16.6. The highest BCUT2D eigenvalue weighted by molar-refractivity contribution is 5.98. The van der Waals surface area contributed by atoms with Gasteiger partial charge in [0.2, 0.25) is 0 Å². The topological polar surface area (TPSA) is 55.8 Å². The van der Waals surface area contributed by atoms with Gasteiger partial charge in [0, 0.05) is 12.2 Å². The minimum atomic E-state index is -0.853. The van der Waals surface area contributed by atoms with Crippen LogP contribution in [0, 0.1) is 6.92 Å². The molecular weight excluding hydrogens is 330 g/mol. The molecule has 2 aromatic rings. The van der Waals surface area contributed by atoms with Crippen molar-refractivity contribution in [3.63, 3.8) is 0 Å². The van der Waals surface area contributed by atoms with Gasteiger partial charge in [-0.05, 0) is 49.9 Å². The predicted molar refractivity (Wildman–Crippen MR) is 99.3 cm³/mol. The Bertz CT molecular complexity index is 802. The number of para-hydroxylation sites is 2. The van der Waals surface area contributed by atoms with Crippen LogP contribution in [0.15, 0.2) is 48.5 Å².